The first-order valence-electron chi connectivity index (χ1n) is 13.4. The summed E-state index contributed by atoms with van der Waals surface area (Å²) in [6.45, 7) is 13.4. The molecule has 0 fully saturated rings. The highest BCUT2D eigenvalue weighted by Gasteiger charge is 2.46. The van der Waals surface area contributed by atoms with Crippen molar-refractivity contribution in [1.82, 2.24) is 5.32 Å². The molecule has 9 nitrogen and oxygen atoms in total. The number of alkyl carbamates (subject to hydrolysis) is 1. The van der Waals surface area contributed by atoms with E-state index < -0.39 is 42.0 Å². The second-order valence-electron chi connectivity index (χ2n) is 11.5. The number of ether oxygens (including phenoxy) is 1. The molecule has 4 amide bonds. The summed E-state index contributed by atoms with van der Waals surface area (Å²) in [6, 6.07) is 14.5. The van der Waals surface area contributed by atoms with E-state index in [9.17, 15) is 19.2 Å². The minimum atomic E-state index is -1.47. The molecule has 3 rings (SSSR count). The first-order chi connectivity index (χ1) is 18.3. The Hall–Kier alpha value is -3.88. The van der Waals surface area contributed by atoms with Gasteiger partial charge in [-0.05, 0) is 56.9 Å². The van der Waals surface area contributed by atoms with Crippen molar-refractivity contribution in [2.45, 2.75) is 60.1 Å². The van der Waals surface area contributed by atoms with Crippen LogP contribution in [0.15, 0.2) is 54.6 Å². The lowest BCUT2D eigenvalue weighted by molar-refractivity contribution is -0.131. The molecule has 2 aromatic rings. The lowest BCUT2D eigenvalue weighted by Crippen LogP contribution is -2.59. The summed E-state index contributed by atoms with van der Waals surface area (Å²) in [5.41, 5.74) is 0.875. The Kier molecular flexibility index (Phi) is 9.37. The number of fused-ring (bicyclic) bond motifs is 1. The number of benzene rings is 2. The summed E-state index contributed by atoms with van der Waals surface area (Å²) in [4.78, 5) is 59.1. The topological polar surface area (TPSA) is 99.3 Å². The van der Waals surface area contributed by atoms with Gasteiger partial charge in [0.2, 0.25) is 5.91 Å². The molecule has 0 saturated heterocycles. The van der Waals surface area contributed by atoms with E-state index in [1.54, 1.807) is 60.9 Å². The number of hydrogen-bond acceptors (Lipinski definition) is 5. The lowest BCUT2D eigenvalue weighted by atomic mass is 10.1. The van der Waals surface area contributed by atoms with Crippen molar-refractivity contribution >= 4 is 40.9 Å². The third-order valence-electron chi connectivity index (χ3n) is 5.90. The van der Waals surface area contributed by atoms with E-state index in [0.717, 1.165) is 0 Å². The Morgan fingerprint density at radius 3 is 1.74 bits per heavy atom. The second-order valence-corrected chi connectivity index (χ2v) is 11.5. The first-order valence-corrected chi connectivity index (χ1v) is 13.4. The highest BCUT2D eigenvalue weighted by atomic mass is 16.6. The van der Waals surface area contributed by atoms with Gasteiger partial charge in [0, 0.05) is 18.8 Å². The normalized spacial score (nSPS) is 14.4. The first kappa shape index (κ1) is 29.7. The van der Waals surface area contributed by atoms with E-state index in [2.05, 4.69) is 5.32 Å². The highest BCUT2D eigenvalue weighted by molar-refractivity contribution is 6.25. The van der Waals surface area contributed by atoms with Gasteiger partial charge in [0.15, 0.2) is 6.04 Å². The molecule has 2 aromatic carbocycles. The Labute approximate surface area is 231 Å². The standard InChI is InChI=1S/C30H40N4O5/c1-20(2)18-32-23-15-11-12-16-24(23)33(19-21(3)4)28(37)26(27(32)36)34(22-13-9-8-10-14-22)25(35)17-31-29(38)39-30(5,6)7/h8-16,20-21,26H,17-19H2,1-7H3,(H,31,38). The van der Waals surface area contributed by atoms with Crippen LogP contribution in [0.25, 0.3) is 0 Å². The smallest absolute Gasteiger partial charge is 0.408 e. The van der Waals surface area contributed by atoms with Gasteiger partial charge >= 0.3 is 6.09 Å². The molecule has 0 unspecified atom stereocenters. The number of carbonyl (C=O) groups excluding carboxylic acids is 4. The number of para-hydroxylation sites is 3. The van der Waals surface area contributed by atoms with Crippen LogP contribution >= 0.6 is 0 Å². The zero-order valence-electron chi connectivity index (χ0n) is 23.9. The quantitative estimate of drug-likeness (QED) is 0.497. The largest absolute Gasteiger partial charge is 0.444 e. The van der Waals surface area contributed by atoms with Crippen LogP contribution in [0.4, 0.5) is 21.9 Å². The molecule has 0 aliphatic carbocycles. The maximum absolute atomic E-state index is 14.3. The molecule has 39 heavy (non-hydrogen) atoms. The monoisotopic (exact) mass is 536 g/mol. The minimum absolute atomic E-state index is 0.101. The molecule has 0 radical (unpaired) electrons. The van der Waals surface area contributed by atoms with Crippen molar-refractivity contribution in [2.24, 2.45) is 11.8 Å². The summed E-state index contributed by atoms with van der Waals surface area (Å²) in [6.07, 6.45) is -0.766. The Morgan fingerprint density at radius 1 is 0.846 bits per heavy atom. The fourth-order valence-corrected chi connectivity index (χ4v) is 4.46. The lowest BCUT2D eigenvalue weighted by Gasteiger charge is -2.33. The molecule has 0 atom stereocenters. The summed E-state index contributed by atoms with van der Waals surface area (Å²) in [7, 11) is 0. The molecule has 1 aliphatic rings. The van der Waals surface area contributed by atoms with Gasteiger partial charge in [-0.25, -0.2) is 4.79 Å². The highest BCUT2D eigenvalue weighted by Crippen LogP contribution is 2.36. The van der Waals surface area contributed by atoms with Crippen molar-refractivity contribution in [3.05, 3.63) is 54.6 Å². The Bertz CT molecular complexity index is 1140. The zero-order valence-corrected chi connectivity index (χ0v) is 23.9. The molecule has 9 heteroatoms. The second kappa shape index (κ2) is 12.3. The predicted octanol–water partition coefficient (Wildman–Crippen LogP) is 4.60. The molecule has 0 spiro atoms. The summed E-state index contributed by atoms with van der Waals surface area (Å²) in [5.74, 6) is -1.41. The Balaban J connectivity index is 2.12. The van der Waals surface area contributed by atoms with Crippen LogP contribution in [0, 0.1) is 11.8 Å². The van der Waals surface area contributed by atoms with E-state index in [1.165, 1.54) is 4.90 Å². The van der Waals surface area contributed by atoms with E-state index in [1.807, 2.05) is 52.0 Å². The fraction of sp³-hybridized carbons (Fsp3) is 0.467. The third-order valence-corrected chi connectivity index (χ3v) is 5.90. The van der Waals surface area contributed by atoms with E-state index in [-0.39, 0.29) is 11.8 Å². The van der Waals surface area contributed by atoms with Crippen LogP contribution in [-0.2, 0) is 19.1 Å². The number of rotatable bonds is 8. The average molecular weight is 537 g/mol. The number of amides is 4. The molecular formula is C30H40N4O5. The van der Waals surface area contributed by atoms with Crippen LogP contribution in [0.3, 0.4) is 0 Å². The van der Waals surface area contributed by atoms with Gasteiger partial charge in [-0.15, -0.1) is 0 Å². The molecule has 210 valence electrons. The van der Waals surface area contributed by atoms with Crippen LogP contribution in [0.5, 0.6) is 0 Å². The van der Waals surface area contributed by atoms with Gasteiger partial charge in [-0.3, -0.25) is 19.3 Å². The number of carbonyl (C=O) groups is 4. The van der Waals surface area contributed by atoms with Crippen molar-refractivity contribution in [3.63, 3.8) is 0 Å². The van der Waals surface area contributed by atoms with E-state index >= 15 is 0 Å². The molecule has 1 aliphatic heterocycles. The van der Waals surface area contributed by atoms with Crippen molar-refractivity contribution in [3.8, 4) is 0 Å². The molecule has 1 N–H and O–H groups in total. The zero-order chi connectivity index (χ0) is 28.9. The Morgan fingerprint density at radius 2 is 1.31 bits per heavy atom. The van der Waals surface area contributed by atoms with Crippen LogP contribution in [0.1, 0.15) is 48.5 Å². The third kappa shape index (κ3) is 7.37. The van der Waals surface area contributed by atoms with Gasteiger partial charge in [0.1, 0.15) is 12.1 Å². The average Bonchev–Trinajstić information content (AvgIpc) is 2.93. The van der Waals surface area contributed by atoms with Crippen molar-refractivity contribution < 1.29 is 23.9 Å². The predicted molar refractivity (Wildman–Crippen MR) is 153 cm³/mol. The molecular weight excluding hydrogens is 496 g/mol. The van der Waals surface area contributed by atoms with Gasteiger partial charge in [-0.2, -0.15) is 0 Å². The van der Waals surface area contributed by atoms with Crippen LogP contribution in [-0.4, -0.2) is 55.1 Å². The molecule has 0 saturated carbocycles. The summed E-state index contributed by atoms with van der Waals surface area (Å²) < 4.78 is 5.27. The number of nitrogens with one attached hydrogen (secondary N) is 1. The fourth-order valence-electron chi connectivity index (χ4n) is 4.46. The maximum atomic E-state index is 14.3. The van der Waals surface area contributed by atoms with Gasteiger partial charge in [0.25, 0.3) is 11.8 Å². The number of anilines is 3. The maximum Gasteiger partial charge on any atom is 0.408 e. The van der Waals surface area contributed by atoms with Crippen LogP contribution < -0.4 is 20.0 Å². The minimum Gasteiger partial charge on any atom is -0.444 e. The molecule has 0 bridgehead atoms. The number of nitrogens with zero attached hydrogens (tertiary/aromatic N) is 3. The van der Waals surface area contributed by atoms with Crippen molar-refractivity contribution in [2.75, 3.05) is 34.3 Å². The summed E-state index contributed by atoms with van der Waals surface area (Å²) >= 11 is 0. The van der Waals surface area contributed by atoms with Crippen LogP contribution in [0.2, 0.25) is 0 Å². The van der Waals surface area contributed by atoms with E-state index in [4.69, 9.17) is 4.74 Å². The van der Waals surface area contributed by atoms with E-state index in [0.29, 0.717) is 30.2 Å². The SMILES string of the molecule is CC(C)CN1C(=O)C(N(C(=O)CNC(=O)OC(C)(C)C)c2ccccc2)C(=O)N(CC(C)C)c2ccccc21. The molecule has 0 aromatic heterocycles. The van der Waals surface area contributed by atoms with Gasteiger partial charge in [0.05, 0.1) is 11.4 Å². The number of hydrogen-bond donors (Lipinski definition) is 1. The van der Waals surface area contributed by atoms with Crippen molar-refractivity contribution in [1.29, 1.82) is 0 Å². The summed E-state index contributed by atoms with van der Waals surface area (Å²) in [5, 5.41) is 2.48. The molecule has 1 heterocycles. The van der Waals surface area contributed by atoms with Gasteiger partial charge < -0.3 is 19.9 Å². The van der Waals surface area contributed by atoms with Gasteiger partial charge in [-0.1, -0.05) is 58.0 Å².